The summed E-state index contributed by atoms with van der Waals surface area (Å²) in [6.07, 6.45) is 4.76. The molecule has 1 aliphatic rings. The van der Waals surface area contributed by atoms with Crippen LogP contribution in [0.4, 0.5) is 0 Å². The van der Waals surface area contributed by atoms with Gasteiger partial charge in [0.1, 0.15) is 0 Å². The second-order valence-electron chi connectivity index (χ2n) is 7.27. The first-order valence-electron chi connectivity index (χ1n) is 9.90. The lowest BCUT2D eigenvalue weighted by molar-refractivity contribution is 0.0638. The second-order valence-corrected chi connectivity index (χ2v) is 7.27. The number of benzene rings is 2. The van der Waals surface area contributed by atoms with Crippen LogP contribution in [0.2, 0.25) is 0 Å². The molecule has 3 aromatic rings. The summed E-state index contributed by atoms with van der Waals surface area (Å²) < 4.78 is 1.87. The fourth-order valence-electron chi connectivity index (χ4n) is 3.67. The summed E-state index contributed by atoms with van der Waals surface area (Å²) in [4.78, 5) is 17.4. The molecule has 0 N–H and O–H groups in total. The summed E-state index contributed by atoms with van der Waals surface area (Å²) in [5, 5.41) is 4.24. The van der Waals surface area contributed by atoms with Crippen molar-refractivity contribution in [2.24, 2.45) is 0 Å². The van der Waals surface area contributed by atoms with Gasteiger partial charge < -0.3 is 4.90 Å². The number of hydrogen-bond acceptors (Lipinski definition) is 3. The Morgan fingerprint density at radius 3 is 2.43 bits per heavy atom. The zero-order valence-electron chi connectivity index (χ0n) is 16.1. The molecule has 2 heterocycles. The molecule has 0 saturated carbocycles. The summed E-state index contributed by atoms with van der Waals surface area (Å²) in [5.41, 5.74) is 3.23. The molecule has 144 valence electrons. The van der Waals surface area contributed by atoms with Gasteiger partial charge in [0.15, 0.2) is 0 Å². The van der Waals surface area contributed by atoms with Gasteiger partial charge in [0.2, 0.25) is 0 Å². The van der Waals surface area contributed by atoms with E-state index in [2.05, 4.69) is 40.3 Å². The topological polar surface area (TPSA) is 41.4 Å². The molecule has 0 unspecified atom stereocenters. The molecule has 4 rings (SSSR count). The SMILES string of the molecule is O=C(c1cccc(Cn2cccn2)c1)N1CCN(CCc2ccccc2)CC1. The highest BCUT2D eigenvalue weighted by Gasteiger charge is 2.22. The van der Waals surface area contributed by atoms with E-state index in [0.29, 0.717) is 6.54 Å². The number of nitrogens with zero attached hydrogens (tertiary/aromatic N) is 4. The molecule has 5 heteroatoms. The second kappa shape index (κ2) is 8.85. The van der Waals surface area contributed by atoms with Crippen LogP contribution in [0.1, 0.15) is 21.5 Å². The lowest BCUT2D eigenvalue weighted by atomic mass is 10.1. The summed E-state index contributed by atoms with van der Waals surface area (Å²) in [6.45, 7) is 5.18. The molecule has 1 saturated heterocycles. The van der Waals surface area contributed by atoms with Crippen LogP contribution < -0.4 is 0 Å². The maximum atomic E-state index is 12.9. The molecule has 1 aliphatic heterocycles. The number of carbonyl (C=O) groups excluding carboxylic acids is 1. The molecule has 1 aromatic heterocycles. The van der Waals surface area contributed by atoms with Crippen LogP contribution in [0.15, 0.2) is 73.1 Å². The Hall–Kier alpha value is -2.92. The Balaban J connectivity index is 1.30. The summed E-state index contributed by atoms with van der Waals surface area (Å²) >= 11 is 0. The minimum absolute atomic E-state index is 0.130. The van der Waals surface area contributed by atoms with Crippen LogP contribution in [0, 0.1) is 0 Å². The number of carbonyl (C=O) groups is 1. The molecule has 2 aromatic carbocycles. The van der Waals surface area contributed by atoms with Crippen molar-refractivity contribution in [2.45, 2.75) is 13.0 Å². The Bertz CT molecular complexity index is 884. The monoisotopic (exact) mass is 374 g/mol. The summed E-state index contributed by atoms with van der Waals surface area (Å²) in [6, 6.07) is 20.4. The Morgan fingerprint density at radius 2 is 1.68 bits per heavy atom. The van der Waals surface area contributed by atoms with E-state index in [1.54, 1.807) is 6.20 Å². The van der Waals surface area contributed by atoms with Crippen LogP contribution in [0.25, 0.3) is 0 Å². The van der Waals surface area contributed by atoms with Crippen LogP contribution >= 0.6 is 0 Å². The Labute approximate surface area is 166 Å². The largest absolute Gasteiger partial charge is 0.336 e. The average molecular weight is 374 g/mol. The van der Waals surface area contributed by atoms with E-state index >= 15 is 0 Å². The van der Waals surface area contributed by atoms with E-state index in [1.807, 2.05) is 46.1 Å². The fourth-order valence-corrected chi connectivity index (χ4v) is 3.67. The minimum atomic E-state index is 0.130. The zero-order chi connectivity index (χ0) is 19.2. The Kier molecular flexibility index (Phi) is 5.83. The van der Waals surface area contributed by atoms with Crippen LogP contribution in [-0.4, -0.2) is 58.2 Å². The number of aromatic nitrogens is 2. The molecule has 0 atom stereocenters. The van der Waals surface area contributed by atoms with Crippen molar-refractivity contribution < 1.29 is 4.79 Å². The molecular formula is C23H26N4O. The predicted molar refractivity (Wildman–Crippen MR) is 110 cm³/mol. The van der Waals surface area contributed by atoms with Gasteiger partial charge in [-0.15, -0.1) is 0 Å². The molecule has 0 aliphatic carbocycles. The maximum Gasteiger partial charge on any atom is 0.253 e. The highest BCUT2D eigenvalue weighted by molar-refractivity contribution is 5.94. The number of rotatable bonds is 6. The lowest BCUT2D eigenvalue weighted by Gasteiger charge is -2.34. The number of hydrogen-bond donors (Lipinski definition) is 0. The molecule has 0 bridgehead atoms. The molecule has 5 nitrogen and oxygen atoms in total. The van der Waals surface area contributed by atoms with Crippen molar-refractivity contribution in [3.63, 3.8) is 0 Å². The first-order valence-corrected chi connectivity index (χ1v) is 9.90. The van der Waals surface area contributed by atoms with E-state index in [1.165, 1.54) is 5.56 Å². The van der Waals surface area contributed by atoms with E-state index in [-0.39, 0.29) is 5.91 Å². The van der Waals surface area contributed by atoms with Crippen LogP contribution in [-0.2, 0) is 13.0 Å². The van der Waals surface area contributed by atoms with Gasteiger partial charge in [0, 0.05) is 50.7 Å². The molecule has 0 radical (unpaired) electrons. The van der Waals surface area contributed by atoms with Crippen molar-refractivity contribution in [3.8, 4) is 0 Å². The van der Waals surface area contributed by atoms with Gasteiger partial charge in [-0.1, -0.05) is 42.5 Å². The minimum Gasteiger partial charge on any atom is -0.336 e. The normalized spacial score (nSPS) is 14.9. The number of amides is 1. The van der Waals surface area contributed by atoms with Crippen LogP contribution in [0.5, 0.6) is 0 Å². The molecule has 28 heavy (non-hydrogen) atoms. The van der Waals surface area contributed by atoms with Gasteiger partial charge >= 0.3 is 0 Å². The third-order valence-corrected chi connectivity index (χ3v) is 5.30. The third-order valence-electron chi connectivity index (χ3n) is 5.30. The first-order chi connectivity index (χ1) is 13.8. The molecular weight excluding hydrogens is 348 g/mol. The van der Waals surface area contributed by atoms with Crippen molar-refractivity contribution in [3.05, 3.63) is 89.7 Å². The average Bonchev–Trinajstić information content (AvgIpc) is 3.26. The third kappa shape index (κ3) is 4.67. The van der Waals surface area contributed by atoms with Gasteiger partial charge in [-0.05, 0) is 35.7 Å². The molecule has 1 amide bonds. The van der Waals surface area contributed by atoms with E-state index in [4.69, 9.17) is 0 Å². The van der Waals surface area contributed by atoms with Gasteiger partial charge in [0.05, 0.1) is 6.54 Å². The fraction of sp³-hybridized carbons (Fsp3) is 0.304. The predicted octanol–water partition coefficient (Wildman–Crippen LogP) is 2.93. The van der Waals surface area contributed by atoms with E-state index < -0.39 is 0 Å². The summed E-state index contributed by atoms with van der Waals surface area (Å²) in [7, 11) is 0. The summed E-state index contributed by atoms with van der Waals surface area (Å²) in [5.74, 6) is 0.130. The zero-order valence-corrected chi connectivity index (χ0v) is 16.1. The highest BCUT2D eigenvalue weighted by Crippen LogP contribution is 2.13. The Morgan fingerprint density at radius 1 is 0.893 bits per heavy atom. The van der Waals surface area contributed by atoms with Crippen molar-refractivity contribution in [1.82, 2.24) is 19.6 Å². The molecule has 0 spiro atoms. The lowest BCUT2D eigenvalue weighted by Crippen LogP contribution is -2.49. The van der Waals surface area contributed by atoms with Gasteiger partial charge in [-0.2, -0.15) is 5.10 Å². The molecule has 1 fully saturated rings. The van der Waals surface area contributed by atoms with Gasteiger partial charge in [0.25, 0.3) is 5.91 Å². The van der Waals surface area contributed by atoms with Crippen molar-refractivity contribution in [2.75, 3.05) is 32.7 Å². The van der Waals surface area contributed by atoms with Crippen molar-refractivity contribution >= 4 is 5.91 Å². The standard InChI is InChI=1S/C23H26N4O/c28-23(22-9-4-8-21(18-22)19-27-12-5-11-24-27)26-16-14-25(15-17-26)13-10-20-6-2-1-3-7-20/h1-9,11-12,18H,10,13-17,19H2. The van der Waals surface area contributed by atoms with Gasteiger partial charge in [-0.25, -0.2) is 0 Å². The van der Waals surface area contributed by atoms with E-state index in [9.17, 15) is 4.79 Å². The quantitative estimate of drug-likeness (QED) is 0.666. The highest BCUT2D eigenvalue weighted by atomic mass is 16.2. The van der Waals surface area contributed by atoms with E-state index in [0.717, 1.165) is 50.3 Å². The maximum absolute atomic E-state index is 12.9. The smallest absolute Gasteiger partial charge is 0.253 e. The van der Waals surface area contributed by atoms with Gasteiger partial charge in [-0.3, -0.25) is 14.4 Å². The van der Waals surface area contributed by atoms with Crippen molar-refractivity contribution in [1.29, 1.82) is 0 Å². The number of piperazine rings is 1. The first kappa shape index (κ1) is 18.4. The van der Waals surface area contributed by atoms with Crippen LogP contribution in [0.3, 0.4) is 0 Å².